The molecule has 0 nitrogen and oxygen atoms in total. The summed E-state index contributed by atoms with van der Waals surface area (Å²) in [6.45, 7) is 4.49. The Morgan fingerprint density at radius 2 is 2.23 bits per heavy atom. The maximum Gasteiger partial charge on any atom is 0.0182 e. The van der Waals surface area contributed by atoms with Crippen molar-refractivity contribution in [2.24, 2.45) is 5.92 Å². The summed E-state index contributed by atoms with van der Waals surface area (Å²) in [5, 5.41) is 0.954. The SMILES string of the molecule is CCC(C)C1=CC/C=C(/Cl)CC=C1. The zero-order chi connectivity index (χ0) is 9.68. The fourth-order valence-corrected chi connectivity index (χ4v) is 1.56. The lowest BCUT2D eigenvalue weighted by molar-refractivity contribution is 0.667. The van der Waals surface area contributed by atoms with Gasteiger partial charge in [-0.2, -0.15) is 0 Å². The molecule has 1 aliphatic rings. The van der Waals surface area contributed by atoms with Crippen LogP contribution in [-0.2, 0) is 0 Å². The van der Waals surface area contributed by atoms with Crippen molar-refractivity contribution >= 4 is 11.6 Å². The van der Waals surface area contributed by atoms with E-state index in [1.54, 1.807) is 0 Å². The molecule has 0 fully saturated rings. The fourth-order valence-electron chi connectivity index (χ4n) is 1.38. The van der Waals surface area contributed by atoms with Crippen molar-refractivity contribution in [3.05, 3.63) is 34.9 Å². The molecule has 72 valence electrons. The highest BCUT2D eigenvalue weighted by molar-refractivity contribution is 6.29. The normalized spacial score (nSPS) is 23.9. The van der Waals surface area contributed by atoms with Gasteiger partial charge in [0.05, 0.1) is 0 Å². The van der Waals surface area contributed by atoms with Crippen LogP contribution in [-0.4, -0.2) is 0 Å². The van der Waals surface area contributed by atoms with Gasteiger partial charge in [-0.25, -0.2) is 0 Å². The van der Waals surface area contributed by atoms with Crippen molar-refractivity contribution in [1.82, 2.24) is 0 Å². The van der Waals surface area contributed by atoms with E-state index in [1.165, 1.54) is 12.0 Å². The highest BCUT2D eigenvalue weighted by Crippen LogP contribution is 2.20. The lowest BCUT2D eigenvalue weighted by Gasteiger charge is -2.11. The molecule has 1 aliphatic carbocycles. The molecule has 13 heavy (non-hydrogen) atoms. The second-order valence-electron chi connectivity index (χ2n) is 3.51. The average Bonchev–Trinajstić information content (AvgIpc) is 2.10. The molecule has 0 N–H and O–H groups in total. The molecule has 0 saturated heterocycles. The maximum absolute atomic E-state index is 5.94. The van der Waals surface area contributed by atoms with E-state index < -0.39 is 0 Å². The van der Waals surface area contributed by atoms with E-state index in [4.69, 9.17) is 11.6 Å². The van der Waals surface area contributed by atoms with Crippen LogP contribution in [0.1, 0.15) is 33.1 Å². The molecular formula is C12H17Cl. The van der Waals surface area contributed by atoms with Crippen LogP contribution in [0.3, 0.4) is 0 Å². The summed E-state index contributed by atoms with van der Waals surface area (Å²) in [5.41, 5.74) is 1.45. The van der Waals surface area contributed by atoms with Gasteiger partial charge in [0.25, 0.3) is 0 Å². The zero-order valence-electron chi connectivity index (χ0n) is 8.39. The van der Waals surface area contributed by atoms with Crippen LogP contribution in [0.4, 0.5) is 0 Å². The maximum atomic E-state index is 5.94. The Balaban J connectivity index is 2.71. The topological polar surface area (TPSA) is 0 Å². The third-order valence-corrected chi connectivity index (χ3v) is 2.81. The van der Waals surface area contributed by atoms with E-state index in [9.17, 15) is 0 Å². The summed E-state index contributed by atoms with van der Waals surface area (Å²) in [7, 11) is 0. The van der Waals surface area contributed by atoms with Crippen LogP contribution in [0, 0.1) is 5.92 Å². The van der Waals surface area contributed by atoms with Crippen LogP contribution in [0.25, 0.3) is 0 Å². The Morgan fingerprint density at radius 1 is 1.46 bits per heavy atom. The predicted molar refractivity (Wildman–Crippen MR) is 59.8 cm³/mol. The van der Waals surface area contributed by atoms with Crippen LogP contribution < -0.4 is 0 Å². The first-order valence-corrected chi connectivity index (χ1v) is 5.33. The molecule has 1 heteroatoms. The Bertz CT molecular complexity index is 246. The van der Waals surface area contributed by atoms with Crippen LogP contribution in [0.5, 0.6) is 0 Å². The second kappa shape index (κ2) is 5.29. The summed E-state index contributed by atoms with van der Waals surface area (Å²) in [5.74, 6) is 0.668. The lowest BCUT2D eigenvalue weighted by atomic mass is 9.96. The van der Waals surface area contributed by atoms with Crippen molar-refractivity contribution < 1.29 is 0 Å². The molecule has 0 aromatic heterocycles. The highest BCUT2D eigenvalue weighted by atomic mass is 35.5. The first-order valence-electron chi connectivity index (χ1n) is 4.95. The zero-order valence-corrected chi connectivity index (χ0v) is 9.14. The molecule has 0 aromatic rings. The highest BCUT2D eigenvalue weighted by Gasteiger charge is 2.03. The van der Waals surface area contributed by atoms with Crippen LogP contribution in [0.15, 0.2) is 34.9 Å². The van der Waals surface area contributed by atoms with Gasteiger partial charge in [0.2, 0.25) is 0 Å². The summed E-state index contributed by atoms with van der Waals surface area (Å²) in [4.78, 5) is 0. The average molecular weight is 197 g/mol. The van der Waals surface area contributed by atoms with E-state index in [0.29, 0.717) is 5.92 Å². The molecule has 0 bridgehead atoms. The van der Waals surface area contributed by atoms with E-state index in [2.05, 4.69) is 38.2 Å². The van der Waals surface area contributed by atoms with Gasteiger partial charge in [-0.3, -0.25) is 0 Å². The Morgan fingerprint density at radius 3 is 2.92 bits per heavy atom. The van der Waals surface area contributed by atoms with Crippen LogP contribution in [0.2, 0.25) is 0 Å². The lowest BCUT2D eigenvalue weighted by Crippen LogP contribution is -1.95. The number of rotatable bonds is 2. The minimum atomic E-state index is 0.668. The van der Waals surface area contributed by atoms with Crippen molar-refractivity contribution in [2.75, 3.05) is 0 Å². The van der Waals surface area contributed by atoms with Gasteiger partial charge in [0, 0.05) is 11.5 Å². The smallest absolute Gasteiger partial charge is 0.0182 e. The first-order chi connectivity index (χ1) is 6.24. The van der Waals surface area contributed by atoms with Gasteiger partial charge in [-0.1, -0.05) is 49.8 Å². The second-order valence-corrected chi connectivity index (χ2v) is 3.99. The van der Waals surface area contributed by atoms with E-state index >= 15 is 0 Å². The fraction of sp³-hybridized carbons (Fsp3) is 0.500. The molecule has 1 atom stereocenters. The summed E-state index contributed by atoms with van der Waals surface area (Å²) < 4.78 is 0. The largest absolute Gasteiger partial charge is 0.0891 e. The molecular weight excluding hydrogens is 180 g/mol. The number of allylic oxidation sites excluding steroid dienone is 6. The summed E-state index contributed by atoms with van der Waals surface area (Å²) in [6.07, 6.45) is 11.8. The Labute approximate surface area is 86.0 Å². The van der Waals surface area contributed by atoms with Gasteiger partial charge in [-0.05, 0) is 24.3 Å². The van der Waals surface area contributed by atoms with Gasteiger partial charge in [-0.15, -0.1) is 0 Å². The number of halogens is 1. The molecule has 0 radical (unpaired) electrons. The minimum absolute atomic E-state index is 0.668. The molecule has 0 saturated carbocycles. The minimum Gasteiger partial charge on any atom is -0.0891 e. The van der Waals surface area contributed by atoms with Crippen molar-refractivity contribution in [3.8, 4) is 0 Å². The third-order valence-electron chi connectivity index (χ3n) is 2.50. The molecule has 1 rings (SSSR count). The molecule has 0 aromatic carbocycles. The summed E-state index contributed by atoms with van der Waals surface area (Å²) >= 11 is 5.94. The van der Waals surface area contributed by atoms with Gasteiger partial charge in [0.15, 0.2) is 0 Å². The summed E-state index contributed by atoms with van der Waals surface area (Å²) in [6, 6.07) is 0. The number of hydrogen-bond donors (Lipinski definition) is 0. The Kier molecular flexibility index (Phi) is 4.31. The monoisotopic (exact) mass is 196 g/mol. The number of hydrogen-bond acceptors (Lipinski definition) is 0. The molecule has 0 aliphatic heterocycles. The third kappa shape index (κ3) is 3.40. The standard InChI is InChI=1S/C12H17Cl/c1-3-10(2)11-6-4-8-12(13)9-5-7-11/h4,6-7,9-10H,3,5,8H2,1-2H3/b6-4?,11-7?,12-9+. The van der Waals surface area contributed by atoms with E-state index in [1.807, 2.05) is 0 Å². The van der Waals surface area contributed by atoms with E-state index in [-0.39, 0.29) is 0 Å². The van der Waals surface area contributed by atoms with Crippen LogP contribution >= 0.6 is 11.6 Å². The van der Waals surface area contributed by atoms with Crippen molar-refractivity contribution in [2.45, 2.75) is 33.1 Å². The molecule has 0 heterocycles. The van der Waals surface area contributed by atoms with Gasteiger partial charge < -0.3 is 0 Å². The van der Waals surface area contributed by atoms with Gasteiger partial charge in [0.1, 0.15) is 0 Å². The molecule has 1 unspecified atom stereocenters. The molecule has 0 spiro atoms. The first kappa shape index (κ1) is 10.6. The predicted octanol–water partition coefficient (Wildman–Crippen LogP) is 4.43. The van der Waals surface area contributed by atoms with E-state index in [0.717, 1.165) is 17.9 Å². The van der Waals surface area contributed by atoms with Gasteiger partial charge >= 0.3 is 0 Å². The quantitative estimate of drug-likeness (QED) is 0.613. The molecule has 0 amide bonds. The van der Waals surface area contributed by atoms with Crippen molar-refractivity contribution in [1.29, 1.82) is 0 Å². The van der Waals surface area contributed by atoms with Crippen molar-refractivity contribution in [3.63, 3.8) is 0 Å². The Hall–Kier alpha value is -0.490.